The summed E-state index contributed by atoms with van der Waals surface area (Å²) in [4.78, 5) is 15.9. The smallest absolute Gasteiger partial charge is 0.227 e. The number of fused-ring (bicyclic) bond motifs is 1. The molecule has 0 bridgehead atoms. The van der Waals surface area contributed by atoms with Crippen LogP contribution >= 0.6 is 11.3 Å². The zero-order chi connectivity index (χ0) is 13.1. The molecule has 0 aliphatic carbocycles. The molecule has 2 unspecified atom stereocenters. The highest BCUT2D eigenvalue weighted by Gasteiger charge is 2.30. The Bertz CT molecular complexity index is 416. The van der Waals surface area contributed by atoms with E-state index in [-0.39, 0.29) is 17.9 Å². The normalized spacial score (nSPS) is 20.6. The number of nitrogens with zero attached hydrogens (tertiary/aromatic N) is 1. The average molecular weight is 266 g/mol. The van der Waals surface area contributed by atoms with Gasteiger partial charge in [0, 0.05) is 23.9 Å². The molecule has 0 radical (unpaired) electrons. The summed E-state index contributed by atoms with van der Waals surface area (Å²) in [5.41, 5.74) is 1.34. The van der Waals surface area contributed by atoms with Gasteiger partial charge in [-0.05, 0) is 36.9 Å². The molecule has 1 N–H and O–H groups in total. The second-order valence-corrected chi connectivity index (χ2v) is 5.97. The summed E-state index contributed by atoms with van der Waals surface area (Å²) in [6.07, 6.45) is 1.01. The first kappa shape index (κ1) is 13.6. The van der Waals surface area contributed by atoms with Crippen molar-refractivity contribution in [3.63, 3.8) is 0 Å². The molecule has 0 spiro atoms. The van der Waals surface area contributed by atoms with E-state index in [1.807, 2.05) is 23.2 Å². The second-order valence-electron chi connectivity index (χ2n) is 4.97. The molecule has 2 heterocycles. The maximum Gasteiger partial charge on any atom is 0.227 e. The van der Waals surface area contributed by atoms with Crippen molar-refractivity contribution in [1.82, 2.24) is 10.2 Å². The first-order chi connectivity index (χ1) is 8.65. The molecule has 0 saturated heterocycles. The molecule has 18 heavy (non-hydrogen) atoms. The van der Waals surface area contributed by atoms with Crippen molar-refractivity contribution >= 4 is 17.2 Å². The molecule has 0 fully saturated rings. The topological polar surface area (TPSA) is 32.3 Å². The molecule has 1 aliphatic heterocycles. The number of hydrogen-bond donors (Lipinski definition) is 1. The van der Waals surface area contributed by atoms with E-state index in [0.717, 1.165) is 26.1 Å². The molecule has 0 aromatic carbocycles. The fourth-order valence-corrected chi connectivity index (χ4v) is 3.50. The van der Waals surface area contributed by atoms with Crippen molar-refractivity contribution in [1.29, 1.82) is 0 Å². The Kier molecular flexibility index (Phi) is 4.40. The van der Waals surface area contributed by atoms with Crippen molar-refractivity contribution in [2.24, 2.45) is 5.92 Å². The summed E-state index contributed by atoms with van der Waals surface area (Å²) >= 11 is 1.81. The van der Waals surface area contributed by atoms with Gasteiger partial charge in [0.05, 0.1) is 6.04 Å². The van der Waals surface area contributed by atoms with Gasteiger partial charge in [-0.2, -0.15) is 0 Å². The highest BCUT2D eigenvalue weighted by atomic mass is 32.1. The van der Waals surface area contributed by atoms with Gasteiger partial charge in [0.2, 0.25) is 5.91 Å². The third-order valence-electron chi connectivity index (χ3n) is 3.68. The monoisotopic (exact) mass is 266 g/mol. The molecule has 1 aromatic rings. The lowest BCUT2D eigenvalue weighted by atomic mass is 9.99. The molecular weight excluding hydrogens is 244 g/mol. The molecule has 100 valence electrons. The highest BCUT2D eigenvalue weighted by Crippen LogP contribution is 2.33. The van der Waals surface area contributed by atoms with E-state index in [0.29, 0.717) is 0 Å². The first-order valence-electron chi connectivity index (χ1n) is 6.72. The lowest BCUT2D eigenvalue weighted by molar-refractivity contribution is -0.137. The van der Waals surface area contributed by atoms with Crippen molar-refractivity contribution in [3.8, 4) is 0 Å². The van der Waals surface area contributed by atoms with Crippen LogP contribution < -0.4 is 5.32 Å². The Morgan fingerprint density at radius 2 is 2.44 bits per heavy atom. The van der Waals surface area contributed by atoms with E-state index >= 15 is 0 Å². The van der Waals surface area contributed by atoms with Gasteiger partial charge in [-0.15, -0.1) is 11.3 Å². The zero-order valence-electron chi connectivity index (χ0n) is 11.4. The zero-order valence-corrected chi connectivity index (χ0v) is 12.2. The quantitative estimate of drug-likeness (QED) is 0.908. The van der Waals surface area contributed by atoms with Gasteiger partial charge in [-0.25, -0.2) is 0 Å². The van der Waals surface area contributed by atoms with E-state index < -0.39 is 0 Å². The number of nitrogens with one attached hydrogen (secondary N) is 1. The van der Waals surface area contributed by atoms with Crippen molar-refractivity contribution in [2.45, 2.75) is 33.2 Å². The van der Waals surface area contributed by atoms with Crippen LogP contribution in [0.25, 0.3) is 0 Å². The lowest BCUT2D eigenvalue weighted by Gasteiger charge is -2.35. The molecule has 1 amide bonds. The second kappa shape index (κ2) is 5.85. The number of carbonyl (C=O) groups excluding carboxylic acids is 1. The van der Waals surface area contributed by atoms with E-state index in [9.17, 15) is 4.79 Å². The maximum absolute atomic E-state index is 12.4. The van der Waals surface area contributed by atoms with Gasteiger partial charge in [-0.3, -0.25) is 4.79 Å². The van der Waals surface area contributed by atoms with E-state index in [2.05, 4.69) is 30.6 Å². The Morgan fingerprint density at radius 3 is 3.17 bits per heavy atom. The number of hydrogen-bond acceptors (Lipinski definition) is 3. The third-order valence-corrected chi connectivity index (χ3v) is 4.68. The van der Waals surface area contributed by atoms with Crippen LogP contribution in [0.15, 0.2) is 11.4 Å². The molecule has 2 rings (SSSR count). The fourth-order valence-electron chi connectivity index (χ4n) is 2.54. The largest absolute Gasteiger partial charge is 0.335 e. The Morgan fingerprint density at radius 1 is 1.67 bits per heavy atom. The van der Waals surface area contributed by atoms with Gasteiger partial charge >= 0.3 is 0 Å². The van der Waals surface area contributed by atoms with Crippen molar-refractivity contribution < 1.29 is 4.79 Å². The molecule has 2 atom stereocenters. The van der Waals surface area contributed by atoms with Crippen LogP contribution in [0.1, 0.15) is 37.3 Å². The average Bonchev–Trinajstić information content (AvgIpc) is 2.84. The Balaban J connectivity index is 2.04. The van der Waals surface area contributed by atoms with Crippen LogP contribution in [-0.2, 0) is 11.2 Å². The SMILES string of the molecule is CCNCC(C)C(=O)N1CCc2sccc2C1C. The highest BCUT2D eigenvalue weighted by molar-refractivity contribution is 7.10. The molecule has 1 aromatic heterocycles. The summed E-state index contributed by atoms with van der Waals surface area (Å²) < 4.78 is 0. The van der Waals surface area contributed by atoms with Crippen LogP contribution in [0.2, 0.25) is 0 Å². The third kappa shape index (κ3) is 2.59. The van der Waals surface area contributed by atoms with Gasteiger partial charge < -0.3 is 10.2 Å². The van der Waals surface area contributed by atoms with Gasteiger partial charge in [0.25, 0.3) is 0 Å². The number of carbonyl (C=O) groups is 1. The number of amides is 1. The summed E-state index contributed by atoms with van der Waals surface area (Å²) in [6.45, 7) is 8.78. The molecule has 4 heteroatoms. The van der Waals surface area contributed by atoms with Crippen LogP contribution in [0.3, 0.4) is 0 Å². The summed E-state index contributed by atoms with van der Waals surface area (Å²) in [5.74, 6) is 0.341. The van der Waals surface area contributed by atoms with Crippen molar-refractivity contribution in [2.75, 3.05) is 19.6 Å². The molecule has 0 saturated carbocycles. The minimum absolute atomic E-state index is 0.0626. The van der Waals surface area contributed by atoms with E-state index in [4.69, 9.17) is 0 Å². The first-order valence-corrected chi connectivity index (χ1v) is 7.60. The maximum atomic E-state index is 12.4. The summed E-state index contributed by atoms with van der Waals surface area (Å²) in [5, 5.41) is 5.39. The predicted molar refractivity (Wildman–Crippen MR) is 75.9 cm³/mol. The van der Waals surface area contributed by atoms with Crippen LogP contribution in [0.4, 0.5) is 0 Å². The Hall–Kier alpha value is -0.870. The van der Waals surface area contributed by atoms with Gasteiger partial charge in [0.15, 0.2) is 0 Å². The molecule has 3 nitrogen and oxygen atoms in total. The van der Waals surface area contributed by atoms with Gasteiger partial charge in [-0.1, -0.05) is 13.8 Å². The molecule has 1 aliphatic rings. The summed E-state index contributed by atoms with van der Waals surface area (Å²) in [6, 6.07) is 2.40. The van der Waals surface area contributed by atoms with Crippen LogP contribution in [-0.4, -0.2) is 30.4 Å². The van der Waals surface area contributed by atoms with Gasteiger partial charge in [0.1, 0.15) is 0 Å². The summed E-state index contributed by atoms with van der Waals surface area (Å²) in [7, 11) is 0. The fraction of sp³-hybridized carbons (Fsp3) is 0.643. The minimum atomic E-state index is 0.0626. The molecular formula is C14H22N2OS. The Labute approximate surface area is 113 Å². The lowest BCUT2D eigenvalue weighted by Crippen LogP contribution is -2.43. The standard InChI is InChI=1S/C14H22N2OS/c1-4-15-9-10(2)14(17)16-7-5-13-12(11(16)3)6-8-18-13/h6,8,10-11,15H,4-5,7,9H2,1-3H3. The predicted octanol–water partition coefficient (Wildman–Crippen LogP) is 2.44. The number of rotatable bonds is 4. The minimum Gasteiger partial charge on any atom is -0.335 e. The van der Waals surface area contributed by atoms with Crippen molar-refractivity contribution in [3.05, 3.63) is 21.9 Å². The van der Waals surface area contributed by atoms with E-state index in [1.165, 1.54) is 10.4 Å². The number of thiophene rings is 1. The van der Waals surface area contributed by atoms with Crippen LogP contribution in [0, 0.1) is 5.92 Å². The van der Waals surface area contributed by atoms with E-state index in [1.54, 1.807) is 0 Å². The van der Waals surface area contributed by atoms with Crippen LogP contribution in [0.5, 0.6) is 0 Å².